The quantitative estimate of drug-likeness (QED) is 0.862. The number of carbonyl (C=O) groups is 1. The van der Waals surface area contributed by atoms with Crippen LogP contribution in [0.25, 0.3) is 0 Å². The number of hydrogen-bond acceptors (Lipinski definition) is 4. The molecule has 0 unspecified atom stereocenters. The van der Waals surface area contributed by atoms with Crippen molar-refractivity contribution in [2.45, 2.75) is 12.5 Å². The number of ether oxygens (including phenoxy) is 1. The van der Waals surface area contributed by atoms with E-state index in [1.807, 2.05) is 12.1 Å². The van der Waals surface area contributed by atoms with Gasteiger partial charge in [0.15, 0.2) is 0 Å². The molecule has 2 aromatic rings. The van der Waals surface area contributed by atoms with Crippen LogP contribution in [0.4, 0.5) is 0 Å². The Labute approximate surface area is 128 Å². The van der Waals surface area contributed by atoms with Gasteiger partial charge in [-0.25, -0.2) is 0 Å². The fraction of sp³-hybridized carbons (Fsp3) is 0.235. The van der Waals surface area contributed by atoms with Crippen LogP contribution in [0.1, 0.15) is 11.1 Å². The minimum absolute atomic E-state index is 0.0192. The molecule has 1 amide bonds. The van der Waals surface area contributed by atoms with E-state index >= 15 is 0 Å². The summed E-state index contributed by atoms with van der Waals surface area (Å²) in [7, 11) is 0. The van der Waals surface area contributed by atoms with E-state index in [9.17, 15) is 4.79 Å². The van der Waals surface area contributed by atoms with Gasteiger partial charge in [-0.3, -0.25) is 9.78 Å². The van der Waals surface area contributed by atoms with Gasteiger partial charge in [-0.1, -0.05) is 6.07 Å². The maximum Gasteiger partial charge on any atom is 0.227 e. The smallest absolute Gasteiger partial charge is 0.227 e. The van der Waals surface area contributed by atoms with E-state index in [-0.39, 0.29) is 12.0 Å². The second-order valence-corrected chi connectivity index (χ2v) is 5.21. The topological polar surface area (TPSA) is 66.2 Å². The van der Waals surface area contributed by atoms with Crippen LogP contribution in [0.15, 0.2) is 48.8 Å². The van der Waals surface area contributed by atoms with Crippen molar-refractivity contribution in [1.82, 2.24) is 9.88 Å². The summed E-state index contributed by atoms with van der Waals surface area (Å²) in [5.41, 5.74) is 1.53. The van der Waals surface area contributed by atoms with Crippen molar-refractivity contribution in [3.05, 3.63) is 59.9 Å². The summed E-state index contributed by atoms with van der Waals surface area (Å²) in [6.45, 7) is 1.19. The highest BCUT2D eigenvalue weighted by molar-refractivity contribution is 5.79. The molecule has 1 aliphatic heterocycles. The number of rotatable bonds is 4. The third kappa shape index (κ3) is 3.23. The van der Waals surface area contributed by atoms with Gasteiger partial charge < -0.3 is 9.64 Å². The van der Waals surface area contributed by atoms with Gasteiger partial charge in [0.2, 0.25) is 5.91 Å². The molecule has 1 aromatic heterocycles. The standard InChI is InChI=1S/C17H15N3O2/c18-9-13-3-5-15(6-4-13)22-16-11-20(12-16)17(21)8-14-2-1-7-19-10-14/h1-7,10,16H,8,11-12H2. The Balaban J connectivity index is 1.47. The second-order valence-electron chi connectivity index (χ2n) is 5.21. The average Bonchev–Trinajstić information content (AvgIpc) is 2.52. The van der Waals surface area contributed by atoms with Crippen LogP contribution in [0.3, 0.4) is 0 Å². The molecule has 22 heavy (non-hydrogen) atoms. The lowest BCUT2D eigenvalue weighted by molar-refractivity contribution is -0.139. The Morgan fingerprint density at radius 2 is 2.09 bits per heavy atom. The minimum Gasteiger partial charge on any atom is -0.487 e. The Kier molecular flexibility index (Phi) is 4.01. The first-order valence-corrected chi connectivity index (χ1v) is 7.08. The van der Waals surface area contributed by atoms with Crippen LogP contribution < -0.4 is 4.74 Å². The van der Waals surface area contributed by atoms with Crippen molar-refractivity contribution in [3.8, 4) is 11.8 Å². The van der Waals surface area contributed by atoms with Crippen LogP contribution in [-0.2, 0) is 11.2 Å². The number of aromatic nitrogens is 1. The van der Waals surface area contributed by atoms with Gasteiger partial charge in [0.25, 0.3) is 0 Å². The van der Waals surface area contributed by atoms with Gasteiger partial charge in [0.05, 0.1) is 31.1 Å². The first kappa shape index (κ1) is 14.1. The van der Waals surface area contributed by atoms with Crippen molar-refractivity contribution >= 4 is 5.91 Å². The zero-order chi connectivity index (χ0) is 15.4. The predicted octanol–water partition coefficient (Wildman–Crippen LogP) is 1.79. The fourth-order valence-corrected chi connectivity index (χ4v) is 2.31. The van der Waals surface area contributed by atoms with Crippen LogP contribution in [0, 0.1) is 11.3 Å². The number of nitrogens with zero attached hydrogens (tertiary/aromatic N) is 3. The molecule has 0 atom stereocenters. The third-order valence-corrected chi connectivity index (χ3v) is 3.57. The molecule has 0 spiro atoms. The predicted molar refractivity (Wildman–Crippen MR) is 80.1 cm³/mol. The molecular weight excluding hydrogens is 278 g/mol. The normalized spacial score (nSPS) is 14.0. The molecule has 5 nitrogen and oxygen atoms in total. The Bertz CT molecular complexity index is 686. The van der Waals surface area contributed by atoms with Gasteiger partial charge >= 0.3 is 0 Å². The number of hydrogen-bond donors (Lipinski definition) is 0. The van der Waals surface area contributed by atoms with Crippen LogP contribution in [0.2, 0.25) is 0 Å². The minimum atomic E-state index is 0.0192. The number of benzene rings is 1. The van der Waals surface area contributed by atoms with Crippen LogP contribution >= 0.6 is 0 Å². The fourth-order valence-electron chi connectivity index (χ4n) is 2.31. The summed E-state index contributed by atoms with van der Waals surface area (Å²) >= 11 is 0. The number of likely N-dealkylation sites (tertiary alicyclic amines) is 1. The molecule has 1 aliphatic rings. The Hall–Kier alpha value is -2.87. The summed E-state index contributed by atoms with van der Waals surface area (Å²) in [5.74, 6) is 0.816. The van der Waals surface area contributed by atoms with Crippen molar-refractivity contribution in [2.75, 3.05) is 13.1 Å². The molecule has 1 aromatic carbocycles. The third-order valence-electron chi connectivity index (χ3n) is 3.57. The summed E-state index contributed by atoms with van der Waals surface area (Å²) in [4.78, 5) is 17.9. The van der Waals surface area contributed by atoms with Gasteiger partial charge in [0.1, 0.15) is 11.9 Å². The highest BCUT2D eigenvalue weighted by atomic mass is 16.5. The van der Waals surface area contributed by atoms with E-state index in [1.54, 1.807) is 41.6 Å². The van der Waals surface area contributed by atoms with Crippen molar-refractivity contribution in [3.63, 3.8) is 0 Å². The van der Waals surface area contributed by atoms with Gasteiger partial charge in [-0.15, -0.1) is 0 Å². The first-order valence-electron chi connectivity index (χ1n) is 7.08. The summed E-state index contributed by atoms with van der Waals surface area (Å²) in [6, 6.07) is 12.8. The van der Waals surface area contributed by atoms with E-state index in [4.69, 9.17) is 10.00 Å². The van der Waals surface area contributed by atoms with Gasteiger partial charge in [-0.2, -0.15) is 5.26 Å². The number of amides is 1. The van der Waals surface area contributed by atoms with Gasteiger partial charge in [-0.05, 0) is 35.9 Å². The molecule has 0 N–H and O–H groups in total. The maximum absolute atomic E-state index is 12.1. The van der Waals surface area contributed by atoms with E-state index in [0.29, 0.717) is 25.1 Å². The largest absolute Gasteiger partial charge is 0.487 e. The van der Waals surface area contributed by atoms with Crippen molar-refractivity contribution < 1.29 is 9.53 Å². The van der Waals surface area contributed by atoms with Crippen molar-refractivity contribution in [1.29, 1.82) is 5.26 Å². The molecule has 0 radical (unpaired) electrons. The molecule has 1 fully saturated rings. The molecule has 5 heteroatoms. The lowest BCUT2D eigenvalue weighted by Gasteiger charge is -2.39. The van der Waals surface area contributed by atoms with Gasteiger partial charge in [0, 0.05) is 12.4 Å². The van der Waals surface area contributed by atoms with Crippen LogP contribution in [-0.4, -0.2) is 35.0 Å². The van der Waals surface area contributed by atoms with E-state index in [2.05, 4.69) is 11.1 Å². The summed E-state index contributed by atoms with van der Waals surface area (Å²) < 4.78 is 5.76. The average molecular weight is 293 g/mol. The molecule has 0 saturated carbocycles. The van der Waals surface area contributed by atoms with E-state index in [0.717, 1.165) is 11.3 Å². The molecule has 110 valence electrons. The number of nitriles is 1. The van der Waals surface area contributed by atoms with E-state index in [1.165, 1.54) is 0 Å². The van der Waals surface area contributed by atoms with E-state index < -0.39 is 0 Å². The first-order chi connectivity index (χ1) is 10.7. The summed E-state index contributed by atoms with van der Waals surface area (Å²) in [5, 5.41) is 8.75. The monoisotopic (exact) mass is 293 g/mol. The maximum atomic E-state index is 12.1. The highest BCUT2D eigenvalue weighted by Crippen LogP contribution is 2.19. The van der Waals surface area contributed by atoms with Crippen molar-refractivity contribution in [2.24, 2.45) is 0 Å². The molecule has 0 bridgehead atoms. The molecule has 3 rings (SSSR count). The Morgan fingerprint density at radius 3 is 2.73 bits per heavy atom. The SMILES string of the molecule is N#Cc1ccc(OC2CN(C(=O)Cc3cccnc3)C2)cc1. The molecule has 2 heterocycles. The zero-order valence-electron chi connectivity index (χ0n) is 12.0. The van der Waals surface area contributed by atoms with Crippen LogP contribution in [0.5, 0.6) is 5.75 Å². The lowest BCUT2D eigenvalue weighted by Crippen LogP contribution is -2.56. The molecule has 1 saturated heterocycles. The molecular formula is C17H15N3O2. The summed E-state index contributed by atoms with van der Waals surface area (Å²) in [6.07, 6.45) is 3.80. The lowest BCUT2D eigenvalue weighted by atomic mass is 10.1. The number of carbonyl (C=O) groups excluding carboxylic acids is 1. The second kappa shape index (κ2) is 6.27. The molecule has 0 aliphatic carbocycles. The highest BCUT2D eigenvalue weighted by Gasteiger charge is 2.32. The Morgan fingerprint density at radius 1 is 1.32 bits per heavy atom. The zero-order valence-corrected chi connectivity index (χ0v) is 12.0. The number of pyridine rings is 1.